The zero-order chi connectivity index (χ0) is 13.8. The van der Waals surface area contributed by atoms with E-state index in [1.54, 1.807) is 6.07 Å². The molecule has 0 atom stereocenters. The molecule has 0 fully saturated rings. The largest absolute Gasteiger partial charge is 0.398 e. The monoisotopic (exact) mass is 254 g/mol. The number of carbonyl (C=O) groups is 1. The van der Waals surface area contributed by atoms with E-state index < -0.39 is 0 Å². The SMILES string of the molecule is Cc1ccccc1CNC(=O)c1cccc(C)c1N. The summed E-state index contributed by atoms with van der Waals surface area (Å²) in [6.07, 6.45) is 0. The summed E-state index contributed by atoms with van der Waals surface area (Å²) >= 11 is 0. The van der Waals surface area contributed by atoms with E-state index in [1.165, 1.54) is 5.56 Å². The van der Waals surface area contributed by atoms with Crippen LogP contribution >= 0.6 is 0 Å². The van der Waals surface area contributed by atoms with E-state index in [2.05, 4.69) is 5.32 Å². The van der Waals surface area contributed by atoms with Crippen molar-refractivity contribution in [3.63, 3.8) is 0 Å². The molecule has 2 aromatic rings. The molecular weight excluding hydrogens is 236 g/mol. The molecule has 0 unspecified atom stereocenters. The Morgan fingerprint density at radius 1 is 1.05 bits per heavy atom. The Kier molecular flexibility index (Phi) is 3.85. The topological polar surface area (TPSA) is 55.1 Å². The highest BCUT2D eigenvalue weighted by Gasteiger charge is 2.10. The summed E-state index contributed by atoms with van der Waals surface area (Å²) in [7, 11) is 0. The van der Waals surface area contributed by atoms with Crippen LogP contribution in [0.4, 0.5) is 5.69 Å². The number of para-hydroxylation sites is 1. The Balaban J connectivity index is 2.10. The zero-order valence-corrected chi connectivity index (χ0v) is 11.2. The average Bonchev–Trinajstić information content (AvgIpc) is 2.40. The van der Waals surface area contributed by atoms with E-state index in [4.69, 9.17) is 5.73 Å². The normalized spacial score (nSPS) is 10.2. The summed E-state index contributed by atoms with van der Waals surface area (Å²) in [5.74, 6) is -0.135. The van der Waals surface area contributed by atoms with Crippen molar-refractivity contribution in [3.05, 3.63) is 64.7 Å². The number of nitrogens with one attached hydrogen (secondary N) is 1. The van der Waals surface area contributed by atoms with Crippen molar-refractivity contribution < 1.29 is 4.79 Å². The highest BCUT2D eigenvalue weighted by molar-refractivity contribution is 5.99. The molecule has 3 nitrogen and oxygen atoms in total. The third-order valence-corrected chi connectivity index (χ3v) is 3.27. The van der Waals surface area contributed by atoms with Crippen LogP contribution in [0.15, 0.2) is 42.5 Å². The fourth-order valence-corrected chi connectivity index (χ4v) is 1.96. The zero-order valence-electron chi connectivity index (χ0n) is 11.2. The van der Waals surface area contributed by atoms with Gasteiger partial charge in [0.1, 0.15) is 0 Å². The van der Waals surface area contributed by atoms with E-state index >= 15 is 0 Å². The second kappa shape index (κ2) is 5.57. The molecule has 2 rings (SSSR count). The molecular formula is C16H18N2O. The summed E-state index contributed by atoms with van der Waals surface area (Å²) < 4.78 is 0. The van der Waals surface area contributed by atoms with E-state index in [1.807, 2.05) is 50.2 Å². The van der Waals surface area contributed by atoms with Crippen LogP contribution in [0.2, 0.25) is 0 Å². The van der Waals surface area contributed by atoms with Crippen LogP contribution in [0.25, 0.3) is 0 Å². The number of anilines is 1. The van der Waals surface area contributed by atoms with Crippen LogP contribution < -0.4 is 11.1 Å². The van der Waals surface area contributed by atoms with Crippen LogP contribution in [0.3, 0.4) is 0 Å². The standard InChI is InChI=1S/C16H18N2O/c1-11-6-3-4-8-13(11)10-18-16(19)14-9-5-7-12(2)15(14)17/h3-9H,10,17H2,1-2H3,(H,18,19). The first-order valence-corrected chi connectivity index (χ1v) is 6.27. The number of nitrogen functional groups attached to an aromatic ring is 1. The van der Waals surface area contributed by atoms with Gasteiger partial charge in [0, 0.05) is 12.2 Å². The van der Waals surface area contributed by atoms with Gasteiger partial charge in [0.2, 0.25) is 0 Å². The minimum atomic E-state index is -0.135. The molecule has 19 heavy (non-hydrogen) atoms. The molecule has 0 bridgehead atoms. The predicted octanol–water partition coefficient (Wildman–Crippen LogP) is 2.82. The van der Waals surface area contributed by atoms with Gasteiger partial charge in [0.05, 0.1) is 5.56 Å². The second-order valence-corrected chi connectivity index (χ2v) is 4.65. The van der Waals surface area contributed by atoms with Gasteiger partial charge >= 0.3 is 0 Å². The molecule has 0 spiro atoms. The molecule has 98 valence electrons. The van der Waals surface area contributed by atoms with Crippen molar-refractivity contribution in [1.29, 1.82) is 0 Å². The Morgan fingerprint density at radius 2 is 1.74 bits per heavy atom. The van der Waals surface area contributed by atoms with Crippen LogP contribution in [0.1, 0.15) is 27.0 Å². The van der Waals surface area contributed by atoms with E-state index in [0.717, 1.165) is 11.1 Å². The van der Waals surface area contributed by atoms with Gasteiger partial charge in [-0.3, -0.25) is 4.79 Å². The fourth-order valence-electron chi connectivity index (χ4n) is 1.96. The number of aryl methyl sites for hydroxylation is 2. The Labute approximate surface area is 113 Å². The highest BCUT2D eigenvalue weighted by Crippen LogP contribution is 2.16. The lowest BCUT2D eigenvalue weighted by molar-refractivity contribution is 0.0951. The minimum absolute atomic E-state index is 0.135. The van der Waals surface area contributed by atoms with Gasteiger partial charge in [-0.1, -0.05) is 36.4 Å². The molecule has 0 aliphatic heterocycles. The Morgan fingerprint density at radius 3 is 2.47 bits per heavy atom. The van der Waals surface area contributed by atoms with Gasteiger partial charge < -0.3 is 11.1 Å². The Bertz CT molecular complexity index is 605. The first-order valence-electron chi connectivity index (χ1n) is 6.27. The van der Waals surface area contributed by atoms with Crippen molar-refractivity contribution in [1.82, 2.24) is 5.32 Å². The third-order valence-electron chi connectivity index (χ3n) is 3.27. The van der Waals surface area contributed by atoms with Crippen LogP contribution in [0.5, 0.6) is 0 Å². The molecule has 0 aliphatic rings. The van der Waals surface area contributed by atoms with Gasteiger partial charge in [-0.2, -0.15) is 0 Å². The molecule has 3 heteroatoms. The van der Waals surface area contributed by atoms with E-state index in [0.29, 0.717) is 17.8 Å². The molecule has 0 radical (unpaired) electrons. The summed E-state index contributed by atoms with van der Waals surface area (Å²) in [4.78, 5) is 12.1. The lowest BCUT2D eigenvalue weighted by atomic mass is 10.1. The molecule has 0 saturated heterocycles. The smallest absolute Gasteiger partial charge is 0.253 e. The van der Waals surface area contributed by atoms with Crippen molar-refractivity contribution in [2.24, 2.45) is 0 Å². The number of hydrogen-bond acceptors (Lipinski definition) is 2. The number of carbonyl (C=O) groups excluding carboxylic acids is 1. The molecule has 0 heterocycles. The predicted molar refractivity (Wildman–Crippen MR) is 77.9 cm³/mol. The van der Waals surface area contributed by atoms with Crippen molar-refractivity contribution in [2.75, 3.05) is 5.73 Å². The van der Waals surface area contributed by atoms with Gasteiger partial charge in [-0.25, -0.2) is 0 Å². The van der Waals surface area contributed by atoms with Crippen LogP contribution in [0, 0.1) is 13.8 Å². The number of nitrogens with two attached hydrogens (primary N) is 1. The maximum atomic E-state index is 12.1. The summed E-state index contributed by atoms with van der Waals surface area (Å²) in [6.45, 7) is 4.44. The lowest BCUT2D eigenvalue weighted by Crippen LogP contribution is -2.24. The first kappa shape index (κ1) is 13.1. The van der Waals surface area contributed by atoms with Crippen molar-refractivity contribution >= 4 is 11.6 Å². The fraction of sp³-hybridized carbons (Fsp3) is 0.188. The maximum absolute atomic E-state index is 12.1. The van der Waals surface area contributed by atoms with E-state index in [9.17, 15) is 4.79 Å². The minimum Gasteiger partial charge on any atom is -0.398 e. The second-order valence-electron chi connectivity index (χ2n) is 4.65. The number of hydrogen-bond donors (Lipinski definition) is 2. The maximum Gasteiger partial charge on any atom is 0.253 e. The van der Waals surface area contributed by atoms with Crippen LogP contribution in [-0.4, -0.2) is 5.91 Å². The van der Waals surface area contributed by atoms with Gasteiger partial charge in [-0.15, -0.1) is 0 Å². The van der Waals surface area contributed by atoms with E-state index in [-0.39, 0.29) is 5.91 Å². The molecule has 0 aromatic heterocycles. The summed E-state index contributed by atoms with van der Waals surface area (Å²) in [5, 5.41) is 2.91. The van der Waals surface area contributed by atoms with Gasteiger partial charge in [0.15, 0.2) is 0 Å². The molecule has 0 aliphatic carbocycles. The van der Waals surface area contributed by atoms with Crippen molar-refractivity contribution in [3.8, 4) is 0 Å². The number of amides is 1. The first-order chi connectivity index (χ1) is 9.09. The molecule has 1 amide bonds. The molecule has 3 N–H and O–H groups in total. The molecule has 2 aromatic carbocycles. The average molecular weight is 254 g/mol. The van der Waals surface area contributed by atoms with Gasteiger partial charge in [-0.05, 0) is 36.6 Å². The number of rotatable bonds is 3. The summed E-state index contributed by atoms with van der Waals surface area (Å²) in [5.41, 5.74) is 10.2. The van der Waals surface area contributed by atoms with Crippen LogP contribution in [-0.2, 0) is 6.54 Å². The summed E-state index contributed by atoms with van der Waals surface area (Å²) in [6, 6.07) is 13.5. The van der Waals surface area contributed by atoms with Gasteiger partial charge in [0.25, 0.3) is 5.91 Å². The molecule has 0 saturated carbocycles. The third kappa shape index (κ3) is 2.94. The quantitative estimate of drug-likeness (QED) is 0.827. The van der Waals surface area contributed by atoms with Crippen molar-refractivity contribution in [2.45, 2.75) is 20.4 Å². The lowest BCUT2D eigenvalue weighted by Gasteiger charge is -2.10. The number of benzene rings is 2. The Hall–Kier alpha value is -2.29. The highest BCUT2D eigenvalue weighted by atomic mass is 16.1.